The molecule has 0 aliphatic heterocycles. The lowest BCUT2D eigenvalue weighted by molar-refractivity contribution is 0.0439. The van der Waals surface area contributed by atoms with Crippen LogP contribution in [0.4, 0.5) is 11.5 Å². The zero-order chi connectivity index (χ0) is 14.4. The fourth-order valence-electron chi connectivity index (χ4n) is 1.50. The Bertz CT molecular complexity index is 635. The maximum absolute atomic E-state index is 11.8. The first kappa shape index (κ1) is 13.6. The summed E-state index contributed by atoms with van der Waals surface area (Å²) >= 11 is 0. The summed E-state index contributed by atoms with van der Waals surface area (Å²) < 4.78 is 5.06. The highest BCUT2D eigenvalue weighted by Crippen LogP contribution is 2.16. The molecule has 0 aliphatic carbocycles. The van der Waals surface area contributed by atoms with Crippen molar-refractivity contribution >= 4 is 17.5 Å². The first-order valence-electron chi connectivity index (χ1n) is 5.99. The molecule has 0 aliphatic rings. The second-order valence-corrected chi connectivity index (χ2v) is 4.01. The van der Waals surface area contributed by atoms with Crippen molar-refractivity contribution in [2.45, 2.75) is 13.0 Å². The van der Waals surface area contributed by atoms with Crippen molar-refractivity contribution in [2.24, 2.45) is 0 Å². The zero-order valence-electron chi connectivity index (χ0n) is 10.9. The molecule has 0 saturated heterocycles. The molecule has 0 spiro atoms. The van der Waals surface area contributed by atoms with Crippen LogP contribution in [-0.2, 0) is 4.74 Å². The van der Waals surface area contributed by atoms with E-state index in [-0.39, 0.29) is 0 Å². The molecule has 0 amide bonds. The van der Waals surface area contributed by atoms with Gasteiger partial charge in [-0.2, -0.15) is 0 Å². The van der Waals surface area contributed by atoms with Crippen LogP contribution in [0, 0.1) is 12.3 Å². The number of anilines is 2. The predicted octanol–water partition coefficient (Wildman–Crippen LogP) is 2.40. The Hall–Kier alpha value is -2.87. The normalized spacial score (nSPS) is 11.2. The van der Waals surface area contributed by atoms with Gasteiger partial charge in [-0.15, -0.1) is 6.42 Å². The summed E-state index contributed by atoms with van der Waals surface area (Å²) in [5, 5.41) is 3.04. The average molecular weight is 267 g/mol. The van der Waals surface area contributed by atoms with E-state index in [4.69, 9.17) is 11.2 Å². The van der Waals surface area contributed by atoms with Crippen molar-refractivity contribution in [3.63, 3.8) is 0 Å². The number of nitrogens with zero attached hydrogens (tertiary/aromatic N) is 2. The van der Waals surface area contributed by atoms with Gasteiger partial charge in [0.25, 0.3) is 0 Å². The van der Waals surface area contributed by atoms with Crippen LogP contribution in [-0.4, -0.2) is 22.0 Å². The van der Waals surface area contributed by atoms with Crippen molar-refractivity contribution < 1.29 is 9.53 Å². The average Bonchev–Trinajstić information content (AvgIpc) is 2.48. The third-order valence-electron chi connectivity index (χ3n) is 2.45. The molecule has 5 heteroatoms. The summed E-state index contributed by atoms with van der Waals surface area (Å²) in [6.45, 7) is 1.64. The van der Waals surface area contributed by atoms with Crippen LogP contribution in [0.2, 0.25) is 0 Å². The van der Waals surface area contributed by atoms with E-state index in [0.29, 0.717) is 17.1 Å². The third kappa shape index (κ3) is 3.56. The molecular formula is C15H13N3O2. The number of hydrogen-bond acceptors (Lipinski definition) is 5. The fraction of sp³-hybridized carbons (Fsp3) is 0.133. The van der Waals surface area contributed by atoms with Crippen molar-refractivity contribution in [3.8, 4) is 12.3 Å². The third-order valence-corrected chi connectivity index (χ3v) is 2.45. The largest absolute Gasteiger partial charge is 0.446 e. The van der Waals surface area contributed by atoms with Gasteiger partial charge in [0.1, 0.15) is 5.82 Å². The topological polar surface area (TPSA) is 64.1 Å². The van der Waals surface area contributed by atoms with Gasteiger partial charge in [-0.25, -0.2) is 9.78 Å². The summed E-state index contributed by atoms with van der Waals surface area (Å²) in [4.78, 5) is 19.9. The molecule has 0 radical (unpaired) electrons. The van der Waals surface area contributed by atoms with Gasteiger partial charge >= 0.3 is 5.97 Å². The fourth-order valence-corrected chi connectivity index (χ4v) is 1.50. The summed E-state index contributed by atoms with van der Waals surface area (Å²) in [6.07, 6.45) is 9.37. The Morgan fingerprint density at radius 3 is 3.00 bits per heavy atom. The summed E-state index contributed by atoms with van der Waals surface area (Å²) in [7, 11) is 0. The van der Waals surface area contributed by atoms with E-state index >= 15 is 0 Å². The molecule has 100 valence electrons. The second-order valence-electron chi connectivity index (χ2n) is 4.01. The standard InChI is InChI=1S/C15H13N3O2/c1-3-11(2)20-15(19)12-5-4-6-13(9-12)18-14-10-16-7-8-17-14/h1,4-11H,2H3,(H,17,18)/t11-/m0/s1. The molecule has 0 bridgehead atoms. The van der Waals surface area contributed by atoms with Crippen molar-refractivity contribution in [1.82, 2.24) is 9.97 Å². The van der Waals surface area contributed by atoms with Gasteiger partial charge in [0, 0.05) is 18.1 Å². The number of terminal acetylenes is 1. The minimum absolute atomic E-state index is 0.418. The Balaban J connectivity index is 2.12. The van der Waals surface area contributed by atoms with Crippen LogP contribution in [0.15, 0.2) is 42.9 Å². The molecule has 1 aromatic carbocycles. The smallest absolute Gasteiger partial charge is 0.339 e. The molecule has 0 unspecified atom stereocenters. The Kier molecular flexibility index (Phi) is 4.30. The number of ether oxygens (including phenoxy) is 1. The number of benzene rings is 1. The first-order chi connectivity index (χ1) is 9.69. The lowest BCUT2D eigenvalue weighted by atomic mass is 10.2. The molecule has 2 rings (SSSR count). The molecule has 20 heavy (non-hydrogen) atoms. The molecular weight excluding hydrogens is 254 g/mol. The monoisotopic (exact) mass is 267 g/mol. The molecule has 5 nitrogen and oxygen atoms in total. The van der Waals surface area contributed by atoms with Gasteiger partial charge < -0.3 is 10.1 Å². The van der Waals surface area contributed by atoms with E-state index in [1.165, 1.54) is 0 Å². The minimum Gasteiger partial charge on any atom is -0.446 e. The van der Waals surface area contributed by atoms with Gasteiger partial charge in [-0.3, -0.25) is 4.98 Å². The van der Waals surface area contributed by atoms with E-state index in [9.17, 15) is 4.79 Å². The Labute approximate surface area is 117 Å². The zero-order valence-corrected chi connectivity index (χ0v) is 10.9. The molecule has 0 fully saturated rings. The van der Waals surface area contributed by atoms with Crippen LogP contribution in [0.3, 0.4) is 0 Å². The van der Waals surface area contributed by atoms with Crippen molar-refractivity contribution in [3.05, 3.63) is 48.4 Å². The summed E-state index contributed by atoms with van der Waals surface area (Å²) in [5.41, 5.74) is 1.13. The molecule has 2 aromatic rings. The minimum atomic E-state index is -0.556. The highest BCUT2D eigenvalue weighted by atomic mass is 16.5. The Morgan fingerprint density at radius 1 is 1.45 bits per heavy atom. The SMILES string of the molecule is C#C[C@H](C)OC(=O)c1cccc(Nc2cnccn2)c1. The molecule has 0 saturated carbocycles. The van der Waals surface area contributed by atoms with Gasteiger partial charge in [-0.05, 0) is 25.1 Å². The lowest BCUT2D eigenvalue weighted by Gasteiger charge is -2.09. The van der Waals surface area contributed by atoms with E-state index in [0.717, 1.165) is 0 Å². The molecule has 1 N–H and O–H groups in total. The van der Waals surface area contributed by atoms with Crippen LogP contribution >= 0.6 is 0 Å². The number of nitrogens with one attached hydrogen (secondary N) is 1. The molecule has 1 heterocycles. The van der Waals surface area contributed by atoms with E-state index < -0.39 is 12.1 Å². The van der Waals surface area contributed by atoms with Crippen molar-refractivity contribution in [1.29, 1.82) is 0 Å². The summed E-state index contributed by atoms with van der Waals surface area (Å²) in [6, 6.07) is 6.89. The molecule has 1 aromatic heterocycles. The van der Waals surface area contributed by atoms with Gasteiger partial charge in [0.2, 0.25) is 0 Å². The number of aromatic nitrogens is 2. The quantitative estimate of drug-likeness (QED) is 0.680. The highest BCUT2D eigenvalue weighted by Gasteiger charge is 2.10. The van der Waals surface area contributed by atoms with E-state index in [2.05, 4.69) is 21.2 Å². The van der Waals surface area contributed by atoms with Gasteiger partial charge in [-0.1, -0.05) is 12.0 Å². The maximum atomic E-state index is 11.8. The number of rotatable bonds is 4. The maximum Gasteiger partial charge on any atom is 0.339 e. The van der Waals surface area contributed by atoms with Gasteiger partial charge in [0.15, 0.2) is 6.10 Å². The number of esters is 1. The summed E-state index contributed by atoms with van der Waals surface area (Å²) in [5.74, 6) is 2.48. The van der Waals surface area contributed by atoms with Crippen LogP contribution in [0.25, 0.3) is 0 Å². The van der Waals surface area contributed by atoms with E-state index in [1.54, 1.807) is 43.7 Å². The first-order valence-corrected chi connectivity index (χ1v) is 5.99. The molecule has 1 atom stereocenters. The lowest BCUT2D eigenvalue weighted by Crippen LogP contribution is -2.13. The van der Waals surface area contributed by atoms with Gasteiger partial charge in [0.05, 0.1) is 11.8 Å². The van der Waals surface area contributed by atoms with Crippen LogP contribution in [0.5, 0.6) is 0 Å². The van der Waals surface area contributed by atoms with E-state index in [1.807, 2.05) is 6.07 Å². The Morgan fingerprint density at radius 2 is 2.30 bits per heavy atom. The number of carbonyl (C=O) groups is 1. The predicted molar refractivity (Wildman–Crippen MR) is 75.5 cm³/mol. The highest BCUT2D eigenvalue weighted by molar-refractivity contribution is 5.91. The second kappa shape index (κ2) is 6.34. The number of carbonyl (C=O) groups excluding carboxylic acids is 1. The number of hydrogen-bond donors (Lipinski definition) is 1. The van der Waals surface area contributed by atoms with Crippen LogP contribution < -0.4 is 5.32 Å². The van der Waals surface area contributed by atoms with Crippen LogP contribution in [0.1, 0.15) is 17.3 Å². The van der Waals surface area contributed by atoms with Crippen molar-refractivity contribution in [2.75, 3.05) is 5.32 Å².